The summed E-state index contributed by atoms with van der Waals surface area (Å²) in [5.74, 6) is 1.55. The topological polar surface area (TPSA) is 88.2 Å². The third-order valence-electron chi connectivity index (χ3n) is 6.36. The summed E-state index contributed by atoms with van der Waals surface area (Å²) in [6.07, 6.45) is 5.79. The molecule has 0 spiro atoms. The van der Waals surface area contributed by atoms with Crippen LogP contribution < -0.4 is 25.0 Å². The zero-order valence-electron chi connectivity index (χ0n) is 19.0. The van der Waals surface area contributed by atoms with Gasteiger partial charge in [0.2, 0.25) is 0 Å². The Labute approximate surface area is 193 Å². The van der Waals surface area contributed by atoms with Gasteiger partial charge >= 0.3 is 0 Å². The van der Waals surface area contributed by atoms with Gasteiger partial charge in [-0.3, -0.25) is 14.7 Å². The molecule has 0 aliphatic carbocycles. The molecule has 3 aliphatic rings. The molecule has 1 atom stereocenters. The first kappa shape index (κ1) is 21.5. The Balaban J connectivity index is 1.22. The number of rotatable bonds is 6. The molecule has 1 saturated heterocycles. The molecule has 1 amide bonds. The molecule has 3 aliphatic heterocycles. The van der Waals surface area contributed by atoms with Crippen molar-refractivity contribution in [3.05, 3.63) is 53.6 Å². The normalized spacial score (nSPS) is 20.1. The Kier molecular flexibility index (Phi) is 6.06. The van der Waals surface area contributed by atoms with Crippen LogP contribution in [-0.4, -0.2) is 62.4 Å². The predicted molar refractivity (Wildman–Crippen MR) is 124 cm³/mol. The van der Waals surface area contributed by atoms with Gasteiger partial charge in [-0.05, 0) is 35.4 Å². The van der Waals surface area contributed by atoms with Gasteiger partial charge in [-0.15, -0.1) is 0 Å². The van der Waals surface area contributed by atoms with Crippen LogP contribution in [0.25, 0.3) is 0 Å². The van der Waals surface area contributed by atoms with Crippen molar-refractivity contribution >= 4 is 17.3 Å². The number of carbonyl (C=O) groups excluding carboxylic acids is 1. The van der Waals surface area contributed by atoms with Crippen LogP contribution >= 0.6 is 0 Å². The lowest BCUT2D eigenvalue weighted by Crippen LogP contribution is -2.43. The molecule has 2 N–H and O–H groups in total. The van der Waals surface area contributed by atoms with Gasteiger partial charge in [0.25, 0.3) is 5.91 Å². The number of nitrogens with zero attached hydrogens (tertiary/aromatic N) is 3. The maximum Gasteiger partial charge on any atom is 0.290 e. The number of hydrogen-bond acceptors (Lipinski definition) is 8. The SMILES string of the molecule is COc1cc2c(cc1OC)CN(C1CC=C(C(=O)Nc3cnccc3N3CCNCC3)O1)C2. The van der Waals surface area contributed by atoms with Crippen molar-refractivity contribution in [1.82, 2.24) is 15.2 Å². The first-order valence-corrected chi connectivity index (χ1v) is 11.2. The van der Waals surface area contributed by atoms with Gasteiger partial charge in [-0.2, -0.15) is 0 Å². The number of fused-ring (bicyclic) bond motifs is 1. The van der Waals surface area contributed by atoms with Crippen molar-refractivity contribution in [2.24, 2.45) is 0 Å². The van der Waals surface area contributed by atoms with Gasteiger partial charge in [0.1, 0.15) is 0 Å². The molecule has 1 aromatic heterocycles. The van der Waals surface area contributed by atoms with E-state index in [-0.39, 0.29) is 12.1 Å². The number of piperazine rings is 1. The minimum absolute atomic E-state index is 0.184. The van der Waals surface area contributed by atoms with E-state index in [1.54, 1.807) is 26.6 Å². The third-order valence-corrected chi connectivity index (χ3v) is 6.36. The van der Waals surface area contributed by atoms with Crippen LogP contribution in [0, 0.1) is 0 Å². The molecule has 1 fully saturated rings. The maximum absolute atomic E-state index is 13.0. The Morgan fingerprint density at radius 1 is 1.15 bits per heavy atom. The monoisotopic (exact) mass is 451 g/mol. The fourth-order valence-corrected chi connectivity index (χ4v) is 4.62. The minimum Gasteiger partial charge on any atom is -0.493 e. The number of nitrogens with one attached hydrogen (secondary N) is 2. The maximum atomic E-state index is 13.0. The summed E-state index contributed by atoms with van der Waals surface area (Å²) in [6, 6.07) is 5.98. The average Bonchev–Trinajstić information content (AvgIpc) is 3.51. The molecule has 0 saturated carbocycles. The minimum atomic E-state index is -0.248. The van der Waals surface area contributed by atoms with E-state index in [1.807, 2.05) is 24.3 Å². The largest absolute Gasteiger partial charge is 0.493 e. The molecule has 0 radical (unpaired) electrons. The van der Waals surface area contributed by atoms with E-state index in [2.05, 4.69) is 25.4 Å². The molecule has 5 rings (SSSR count). The van der Waals surface area contributed by atoms with E-state index in [4.69, 9.17) is 14.2 Å². The molecule has 9 heteroatoms. The van der Waals surface area contributed by atoms with Crippen molar-refractivity contribution in [3.63, 3.8) is 0 Å². The predicted octanol–water partition coefficient (Wildman–Crippen LogP) is 2.09. The molecule has 33 heavy (non-hydrogen) atoms. The third kappa shape index (κ3) is 4.34. The van der Waals surface area contributed by atoms with Crippen LogP contribution in [0.2, 0.25) is 0 Å². The van der Waals surface area contributed by atoms with Gasteiger partial charge in [0.05, 0.1) is 31.8 Å². The van der Waals surface area contributed by atoms with Crippen molar-refractivity contribution < 1.29 is 19.0 Å². The van der Waals surface area contributed by atoms with E-state index in [0.29, 0.717) is 17.9 Å². The number of pyridine rings is 1. The van der Waals surface area contributed by atoms with E-state index in [0.717, 1.165) is 56.5 Å². The molecule has 174 valence electrons. The van der Waals surface area contributed by atoms with Crippen LogP contribution in [0.5, 0.6) is 11.5 Å². The second kappa shape index (κ2) is 9.29. The fraction of sp³-hybridized carbons (Fsp3) is 0.417. The summed E-state index contributed by atoms with van der Waals surface area (Å²) in [7, 11) is 3.28. The van der Waals surface area contributed by atoms with Crippen LogP contribution in [0.3, 0.4) is 0 Å². The number of ether oxygens (including phenoxy) is 3. The molecule has 9 nitrogen and oxygen atoms in total. The Morgan fingerprint density at radius 3 is 2.52 bits per heavy atom. The number of carbonyl (C=O) groups is 1. The molecule has 1 unspecified atom stereocenters. The van der Waals surface area contributed by atoms with Crippen molar-refractivity contribution in [2.45, 2.75) is 25.7 Å². The van der Waals surface area contributed by atoms with E-state index < -0.39 is 0 Å². The number of aromatic nitrogens is 1. The van der Waals surface area contributed by atoms with Gasteiger partial charge in [-0.25, -0.2) is 0 Å². The van der Waals surface area contributed by atoms with Crippen LogP contribution in [-0.2, 0) is 22.6 Å². The van der Waals surface area contributed by atoms with Crippen molar-refractivity contribution in [2.75, 3.05) is 50.6 Å². The van der Waals surface area contributed by atoms with Gasteiger partial charge in [-0.1, -0.05) is 0 Å². The van der Waals surface area contributed by atoms with Gasteiger partial charge < -0.3 is 29.7 Å². The average molecular weight is 452 g/mol. The first-order chi connectivity index (χ1) is 16.2. The van der Waals surface area contributed by atoms with Crippen LogP contribution in [0.4, 0.5) is 11.4 Å². The Morgan fingerprint density at radius 2 is 1.85 bits per heavy atom. The van der Waals surface area contributed by atoms with Crippen molar-refractivity contribution in [3.8, 4) is 11.5 Å². The summed E-state index contributed by atoms with van der Waals surface area (Å²) in [5, 5.41) is 6.35. The number of anilines is 2. The molecule has 0 bridgehead atoms. The first-order valence-electron chi connectivity index (χ1n) is 11.2. The van der Waals surface area contributed by atoms with Crippen molar-refractivity contribution in [1.29, 1.82) is 0 Å². The lowest BCUT2D eigenvalue weighted by molar-refractivity contribution is -0.118. The zero-order valence-corrected chi connectivity index (χ0v) is 19.0. The molecule has 1 aromatic carbocycles. The highest BCUT2D eigenvalue weighted by Crippen LogP contribution is 2.37. The molecule has 4 heterocycles. The van der Waals surface area contributed by atoms with E-state index >= 15 is 0 Å². The summed E-state index contributed by atoms with van der Waals surface area (Å²) in [5.41, 5.74) is 4.05. The number of benzene rings is 1. The van der Waals surface area contributed by atoms with Crippen LogP contribution in [0.1, 0.15) is 17.5 Å². The molecular weight excluding hydrogens is 422 g/mol. The van der Waals surface area contributed by atoms with Gasteiger partial charge in [0.15, 0.2) is 23.5 Å². The lowest BCUT2D eigenvalue weighted by atomic mass is 10.1. The Hall–Kier alpha value is -3.30. The summed E-state index contributed by atoms with van der Waals surface area (Å²) >= 11 is 0. The fourth-order valence-electron chi connectivity index (χ4n) is 4.62. The highest BCUT2D eigenvalue weighted by atomic mass is 16.5. The quantitative estimate of drug-likeness (QED) is 0.691. The molecule has 2 aromatic rings. The highest BCUT2D eigenvalue weighted by Gasteiger charge is 2.33. The number of hydrogen-bond donors (Lipinski definition) is 2. The number of methoxy groups -OCH3 is 2. The highest BCUT2D eigenvalue weighted by molar-refractivity contribution is 6.04. The second-order valence-corrected chi connectivity index (χ2v) is 8.34. The molecular formula is C24H29N5O4. The smallest absolute Gasteiger partial charge is 0.290 e. The van der Waals surface area contributed by atoms with E-state index in [1.165, 1.54) is 11.1 Å². The summed E-state index contributed by atoms with van der Waals surface area (Å²) in [4.78, 5) is 21.7. The van der Waals surface area contributed by atoms with Gasteiger partial charge in [0, 0.05) is 51.9 Å². The standard InChI is InChI=1S/C24H29N5O4/c1-31-21-11-16-14-29(15-17(16)12-22(21)32-2)23-4-3-20(33-23)24(30)27-18-13-26-6-5-19(18)28-9-7-25-8-10-28/h3,5-6,11-13,23,25H,4,7-10,14-15H2,1-2H3,(H,27,30). The van der Waals surface area contributed by atoms with Crippen LogP contribution in [0.15, 0.2) is 42.4 Å². The Bertz CT molecular complexity index is 1030. The zero-order chi connectivity index (χ0) is 22.8. The number of amides is 1. The second-order valence-electron chi connectivity index (χ2n) is 8.34. The summed E-state index contributed by atoms with van der Waals surface area (Å²) < 4.78 is 16.9. The summed E-state index contributed by atoms with van der Waals surface area (Å²) in [6.45, 7) is 5.08. The van der Waals surface area contributed by atoms with E-state index in [9.17, 15) is 4.79 Å². The lowest BCUT2D eigenvalue weighted by Gasteiger charge is -2.30.